The van der Waals surface area contributed by atoms with Gasteiger partial charge in [-0.3, -0.25) is 9.59 Å². The van der Waals surface area contributed by atoms with Crippen LogP contribution in [0.4, 0.5) is 30.2 Å². The van der Waals surface area contributed by atoms with Crippen molar-refractivity contribution in [2.24, 2.45) is 5.92 Å². The Bertz CT molecular complexity index is 1320. The van der Waals surface area contributed by atoms with E-state index in [-0.39, 0.29) is 22.0 Å². The summed E-state index contributed by atoms with van der Waals surface area (Å²) in [6.45, 7) is 0. The van der Waals surface area contributed by atoms with Crippen LogP contribution < -0.4 is 16.4 Å². The molecule has 2 amide bonds. The molecule has 1 saturated carbocycles. The summed E-state index contributed by atoms with van der Waals surface area (Å²) in [6.07, 6.45) is 0. The Kier molecular flexibility index (Phi) is 6.42. The third kappa shape index (κ3) is 4.53. The minimum absolute atomic E-state index is 0.0130. The number of anilines is 3. The summed E-state index contributed by atoms with van der Waals surface area (Å²) < 4.78 is 39.6. The zero-order chi connectivity index (χ0) is 24.8. The number of benzene rings is 3. The van der Waals surface area contributed by atoms with Gasteiger partial charge in [0, 0.05) is 11.6 Å². The molecule has 0 heterocycles. The van der Waals surface area contributed by atoms with E-state index in [0.29, 0.717) is 5.56 Å². The Hall–Kier alpha value is -2.94. The Balaban J connectivity index is 1.52. The number of nitrogens with one attached hydrogen (secondary N) is 2. The van der Waals surface area contributed by atoms with Crippen molar-refractivity contribution >= 4 is 63.7 Å². The monoisotopic (exact) mass is 527 g/mol. The first-order valence-corrected chi connectivity index (χ1v) is 10.9. The van der Waals surface area contributed by atoms with Crippen molar-refractivity contribution in [1.82, 2.24) is 0 Å². The van der Waals surface area contributed by atoms with Gasteiger partial charge < -0.3 is 16.4 Å². The van der Waals surface area contributed by atoms with Gasteiger partial charge in [0.2, 0.25) is 5.91 Å². The van der Waals surface area contributed by atoms with E-state index in [1.54, 1.807) is 6.07 Å². The third-order valence-electron chi connectivity index (χ3n) is 5.40. The third-order valence-corrected chi connectivity index (χ3v) is 6.67. The second kappa shape index (κ2) is 9.02. The standard InChI is InChI=1S/C23H15Cl3F3N3O2/c24-14-5-4-12(9-13(14)21(33)32-16-7-6-15(28)20(30)19(16)29)31-22(34)18-17(23(18,25)26)10-2-1-3-11(27)8-10/h1-9,17-18H,30H2,(H,31,34)(H,32,33)/t17-,18+/m0/s1. The number of carbonyl (C=O) groups excluding carboxylic acids is 2. The quantitative estimate of drug-likeness (QED) is 0.276. The molecule has 3 aromatic carbocycles. The molecule has 0 aliphatic heterocycles. The van der Waals surface area contributed by atoms with Crippen LogP contribution in [0, 0.1) is 23.4 Å². The van der Waals surface area contributed by atoms with Crippen LogP contribution >= 0.6 is 34.8 Å². The topological polar surface area (TPSA) is 84.2 Å². The molecule has 0 unspecified atom stereocenters. The molecule has 0 bridgehead atoms. The number of hydrogen-bond donors (Lipinski definition) is 3. The van der Waals surface area contributed by atoms with Gasteiger partial charge in [0.25, 0.3) is 5.91 Å². The summed E-state index contributed by atoms with van der Waals surface area (Å²) in [5.74, 6) is -5.46. The number of amides is 2. The van der Waals surface area contributed by atoms with Gasteiger partial charge in [-0.05, 0) is 48.0 Å². The maximum atomic E-state index is 14.1. The number of hydrogen-bond acceptors (Lipinski definition) is 3. The van der Waals surface area contributed by atoms with Crippen molar-refractivity contribution in [3.05, 3.63) is 88.2 Å². The molecule has 11 heteroatoms. The predicted octanol–water partition coefficient (Wildman–Crippen LogP) is 6.12. The highest BCUT2D eigenvalue weighted by Crippen LogP contribution is 2.65. The normalized spacial score (nSPS) is 18.3. The summed E-state index contributed by atoms with van der Waals surface area (Å²) in [7, 11) is 0. The average molecular weight is 529 g/mol. The highest BCUT2D eigenvalue weighted by molar-refractivity contribution is 6.53. The molecule has 5 nitrogen and oxygen atoms in total. The SMILES string of the molecule is Nc1c(F)ccc(NC(=O)c2cc(NC(=O)[C@H]3[C@H](c4cccc(F)c4)C3(Cl)Cl)ccc2Cl)c1F. The Morgan fingerprint density at radius 1 is 0.971 bits per heavy atom. The molecule has 0 spiro atoms. The van der Waals surface area contributed by atoms with Crippen molar-refractivity contribution in [2.75, 3.05) is 16.4 Å². The predicted molar refractivity (Wildman–Crippen MR) is 126 cm³/mol. The number of nitrogen functional groups attached to an aromatic ring is 1. The molecule has 0 radical (unpaired) electrons. The summed E-state index contributed by atoms with van der Waals surface area (Å²) in [4.78, 5) is 25.5. The second-order valence-electron chi connectivity index (χ2n) is 7.65. The van der Waals surface area contributed by atoms with E-state index >= 15 is 0 Å². The first-order valence-electron chi connectivity index (χ1n) is 9.79. The summed E-state index contributed by atoms with van der Waals surface area (Å²) in [6, 6.07) is 11.6. The van der Waals surface area contributed by atoms with Crippen LogP contribution in [0.1, 0.15) is 21.8 Å². The molecule has 1 aliphatic rings. The zero-order valence-corrected chi connectivity index (χ0v) is 19.3. The van der Waals surface area contributed by atoms with Crippen LogP contribution in [0.3, 0.4) is 0 Å². The number of carbonyl (C=O) groups is 2. The van der Waals surface area contributed by atoms with E-state index in [0.717, 1.165) is 12.1 Å². The van der Waals surface area contributed by atoms with Gasteiger partial charge in [-0.25, -0.2) is 13.2 Å². The molecule has 1 aliphatic carbocycles. The Morgan fingerprint density at radius 2 is 1.71 bits per heavy atom. The minimum Gasteiger partial charge on any atom is -0.394 e. The lowest BCUT2D eigenvalue weighted by Crippen LogP contribution is -2.18. The summed E-state index contributed by atoms with van der Waals surface area (Å²) >= 11 is 18.7. The van der Waals surface area contributed by atoms with Gasteiger partial charge in [-0.15, -0.1) is 23.2 Å². The molecule has 0 aromatic heterocycles. The molecule has 0 saturated heterocycles. The summed E-state index contributed by atoms with van der Waals surface area (Å²) in [5.41, 5.74) is 4.78. The largest absolute Gasteiger partial charge is 0.394 e. The van der Waals surface area contributed by atoms with Crippen molar-refractivity contribution in [3.8, 4) is 0 Å². The molecule has 4 N–H and O–H groups in total. The van der Waals surface area contributed by atoms with E-state index in [1.807, 2.05) is 0 Å². The van der Waals surface area contributed by atoms with Crippen molar-refractivity contribution in [2.45, 2.75) is 10.3 Å². The Morgan fingerprint density at radius 3 is 2.41 bits per heavy atom. The maximum absolute atomic E-state index is 14.1. The van der Waals surface area contributed by atoms with Gasteiger partial charge >= 0.3 is 0 Å². The van der Waals surface area contributed by atoms with Crippen LogP contribution in [0.25, 0.3) is 0 Å². The fourth-order valence-electron chi connectivity index (χ4n) is 3.62. The van der Waals surface area contributed by atoms with Crippen molar-refractivity contribution in [3.63, 3.8) is 0 Å². The number of nitrogens with two attached hydrogens (primary N) is 1. The van der Waals surface area contributed by atoms with E-state index in [1.165, 1.54) is 36.4 Å². The van der Waals surface area contributed by atoms with E-state index in [2.05, 4.69) is 10.6 Å². The van der Waals surface area contributed by atoms with Crippen LogP contribution in [-0.4, -0.2) is 16.1 Å². The fourth-order valence-corrected chi connectivity index (χ4v) is 4.65. The molecule has 2 atom stereocenters. The number of rotatable bonds is 5. The van der Waals surface area contributed by atoms with Gasteiger partial charge in [0.15, 0.2) is 5.82 Å². The lowest BCUT2D eigenvalue weighted by molar-refractivity contribution is -0.117. The molecule has 176 valence electrons. The smallest absolute Gasteiger partial charge is 0.257 e. The molecule has 34 heavy (non-hydrogen) atoms. The fraction of sp³-hybridized carbons (Fsp3) is 0.130. The molecule has 4 rings (SSSR count). The molecule has 3 aromatic rings. The number of alkyl halides is 2. The van der Waals surface area contributed by atoms with Gasteiger partial charge in [-0.1, -0.05) is 23.7 Å². The highest BCUT2D eigenvalue weighted by atomic mass is 35.5. The number of halogens is 6. The van der Waals surface area contributed by atoms with Gasteiger partial charge in [-0.2, -0.15) is 0 Å². The van der Waals surface area contributed by atoms with Crippen LogP contribution in [0.2, 0.25) is 5.02 Å². The van der Waals surface area contributed by atoms with E-state index < -0.39 is 51.1 Å². The molecule has 1 fully saturated rings. The first kappa shape index (κ1) is 24.2. The van der Waals surface area contributed by atoms with Crippen molar-refractivity contribution < 1.29 is 22.8 Å². The maximum Gasteiger partial charge on any atom is 0.257 e. The van der Waals surface area contributed by atoms with Crippen molar-refractivity contribution in [1.29, 1.82) is 0 Å². The molecular weight excluding hydrogens is 514 g/mol. The van der Waals surface area contributed by atoms with Gasteiger partial charge in [0.1, 0.15) is 21.7 Å². The lowest BCUT2D eigenvalue weighted by atomic mass is 10.1. The van der Waals surface area contributed by atoms with Gasteiger partial charge in [0.05, 0.1) is 22.2 Å². The van der Waals surface area contributed by atoms with Crippen LogP contribution in [0.15, 0.2) is 54.6 Å². The van der Waals surface area contributed by atoms with Crippen LogP contribution in [-0.2, 0) is 4.79 Å². The van der Waals surface area contributed by atoms with E-state index in [4.69, 9.17) is 40.5 Å². The average Bonchev–Trinajstić information content (AvgIpc) is 3.37. The first-order chi connectivity index (χ1) is 16.0. The highest BCUT2D eigenvalue weighted by Gasteiger charge is 2.67. The summed E-state index contributed by atoms with van der Waals surface area (Å²) in [5, 5.41) is 4.88. The zero-order valence-electron chi connectivity index (χ0n) is 17.0. The lowest BCUT2D eigenvalue weighted by Gasteiger charge is -2.11. The minimum atomic E-state index is -1.44. The van der Waals surface area contributed by atoms with E-state index in [9.17, 15) is 22.8 Å². The van der Waals surface area contributed by atoms with Crippen LogP contribution in [0.5, 0.6) is 0 Å². The second-order valence-corrected chi connectivity index (χ2v) is 9.50. The Labute approximate surface area is 207 Å². The molecular formula is C23H15Cl3F3N3O2.